The summed E-state index contributed by atoms with van der Waals surface area (Å²) in [4.78, 5) is 36.0. The van der Waals surface area contributed by atoms with Gasteiger partial charge in [0, 0.05) is 16.8 Å². The molecule has 0 aliphatic carbocycles. The van der Waals surface area contributed by atoms with Crippen LogP contribution in [0.5, 0.6) is 0 Å². The van der Waals surface area contributed by atoms with E-state index in [1.807, 2.05) is 19.1 Å². The third-order valence-electron chi connectivity index (χ3n) is 3.75. The predicted molar refractivity (Wildman–Crippen MR) is 99.2 cm³/mol. The SMILES string of the molecule is Cc1ccc(C(=O)Nc2ccc(C(=O)NNC(=O)c3ccco3)cc2)cc1. The summed E-state index contributed by atoms with van der Waals surface area (Å²) in [6, 6.07) is 16.6. The maximum absolute atomic E-state index is 12.2. The predicted octanol–water partition coefficient (Wildman–Crippen LogP) is 2.92. The molecule has 3 rings (SSSR count). The summed E-state index contributed by atoms with van der Waals surface area (Å²) in [5, 5.41) is 2.76. The van der Waals surface area contributed by atoms with Crippen molar-refractivity contribution >= 4 is 23.4 Å². The van der Waals surface area contributed by atoms with Crippen LogP contribution in [0.15, 0.2) is 71.3 Å². The summed E-state index contributed by atoms with van der Waals surface area (Å²) >= 11 is 0. The van der Waals surface area contributed by atoms with Gasteiger partial charge in [-0.2, -0.15) is 0 Å². The highest BCUT2D eigenvalue weighted by Gasteiger charge is 2.11. The van der Waals surface area contributed by atoms with Gasteiger partial charge >= 0.3 is 5.91 Å². The number of carbonyl (C=O) groups excluding carboxylic acids is 3. The number of aryl methyl sites for hydroxylation is 1. The Morgan fingerprint density at radius 3 is 1.96 bits per heavy atom. The van der Waals surface area contributed by atoms with Crippen molar-refractivity contribution in [2.75, 3.05) is 5.32 Å². The van der Waals surface area contributed by atoms with Crippen molar-refractivity contribution in [3.8, 4) is 0 Å². The van der Waals surface area contributed by atoms with Gasteiger partial charge in [0.2, 0.25) is 0 Å². The molecule has 2 aromatic carbocycles. The molecular formula is C20H17N3O4. The smallest absolute Gasteiger partial charge is 0.305 e. The molecule has 0 aliphatic rings. The minimum atomic E-state index is -0.560. The van der Waals surface area contributed by atoms with Crippen LogP contribution < -0.4 is 16.2 Å². The van der Waals surface area contributed by atoms with Crippen LogP contribution >= 0.6 is 0 Å². The first-order valence-corrected chi connectivity index (χ1v) is 8.15. The Labute approximate surface area is 155 Å². The van der Waals surface area contributed by atoms with Crippen LogP contribution in [0.25, 0.3) is 0 Å². The number of hydrazine groups is 1. The molecule has 0 unspecified atom stereocenters. The number of benzene rings is 2. The van der Waals surface area contributed by atoms with E-state index in [0.717, 1.165) is 5.56 Å². The molecule has 1 aromatic heterocycles. The van der Waals surface area contributed by atoms with Crippen LogP contribution in [-0.2, 0) is 0 Å². The molecule has 0 spiro atoms. The fourth-order valence-electron chi connectivity index (χ4n) is 2.27. The molecule has 27 heavy (non-hydrogen) atoms. The average molecular weight is 363 g/mol. The first-order chi connectivity index (χ1) is 13.0. The highest BCUT2D eigenvalue weighted by Crippen LogP contribution is 2.12. The van der Waals surface area contributed by atoms with Gasteiger partial charge in [-0.3, -0.25) is 25.2 Å². The quantitative estimate of drug-likeness (QED) is 0.621. The molecule has 7 heteroatoms. The lowest BCUT2D eigenvalue weighted by atomic mass is 10.1. The van der Waals surface area contributed by atoms with Gasteiger partial charge in [0.05, 0.1) is 6.26 Å². The molecular weight excluding hydrogens is 346 g/mol. The standard InChI is InChI=1S/C20H17N3O4/c1-13-4-6-14(7-5-13)18(24)21-16-10-8-15(9-11-16)19(25)22-23-20(26)17-3-2-12-27-17/h2-12H,1H3,(H,21,24)(H,22,25)(H,23,26). The molecule has 1 heterocycles. The summed E-state index contributed by atoms with van der Waals surface area (Å²) in [6.45, 7) is 1.95. The zero-order valence-electron chi connectivity index (χ0n) is 14.5. The Kier molecular flexibility index (Phi) is 5.32. The van der Waals surface area contributed by atoms with Crippen LogP contribution in [0.2, 0.25) is 0 Å². The van der Waals surface area contributed by atoms with Crippen LogP contribution in [-0.4, -0.2) is 17.7 Å². The zero-order valence-corrected chi connectivity index (χ0v) is 14.5. The molecule has 0 aliphatic heterocycles. The van der Waals surface area contributed by atoms with Crippen molar-refractivity contribution in [1.82, 2.24) is 10.9 Å². The molecule has 0 saturated heterocycles. The minimum absolute atomic E-state index is 0.0875. The molecule has 0 atom stereocenters. The van der Waals surface area contributed by atoms with Gasteiger partial charge in [-0.1, -0.05) is 17.7 Å². The molecule has 136 valence electrons. The number of anilines is 1. The fourth-order valence-corrected chi connectivity index (χ4v) is 2.27. The van der Waals surface area contributed by atoms with Gasteiger partial charge in [-0.05, 0) is 55.5 Å². The number of nitrogens with one attached hydrogen (secondary N) is 3. The van der Waals surface area contributed by atoms with E-state index in [1.54, 1.807) is 42.5 Å². The fraction of sp³-hybridized carbons (Fsp3) is 0.0500. The van der Waals surface area contributed by atoms with Gasteiger partial charge in [0.1, 0.15) is 0 Å². The van der Waals surface area contributed by atoms with Gasteiger partial charge < -0.3 is 9.73 Å². The monoisotopic (exact) mass is 363 g/mol. The van der Waals surface area contributed by atoms with Crippen molar-refractivity contribution in [3.05, 3.63) is 89.4 Å². The van der Waals surface area contributed by atoms with Gasteiger partial charge in [-0.25, -0.2) is 0 Å². The second-order valence-corrected chi connectivity index (χ2v) is 5.78. The van der Waals surface area contributed by atoms with Crippen molar-refractivity contribution < 1.29 is 18.8 Å². The van der Waals surface area contributed by atoms with Crippen molar-refractivity contribution in [3.63, 3.8) is 0 Å². The molecule has 3 N–H and O–H groups in total. The Hall–Kier alpha value is -3.87. The molecule has 0 saturated carbocycles. The Bertz CT molecular complexity index is 946. The summed E-state index contributed by atoms with van der Waals surface area (Å²) in [5.74, 6) is -1.20. The van der Waals surface area contributed by atoms with Crippen molar-refractivity contribution in [1.29, 1.82) is 0 Å². The third kappa shape index (κ3) is 4.60. The highest BCUT2D eigenvalue weighted by atomic mass is 16.3. The third-order valence-corrected chi connectivity index (χ3v) is 3.75. The van der Waals surface area contributed by atoms with E-state index in [2.05, 4.69) is 16.2 Å². The summed E-state index contributed by atoms with van der Waals surface area (Å²) in [7, 11) is 0. The number of hydrogen-bond acceptors (Lipinski definition) is 4. The van der Waals surface area contributed by atoms with E-state index in [4.69, 9.17) is 4.42 Å². The van der Waals surface area contributed by atoms with Crippen LogP contribution in [0.3, 0.4) is 0 Å². The van der Waals surface area contributed by atoms with E-state index < -0.39 is 11.8 Å². The van der Waals surface area contributed by atoms with Gasteiger partial charge in [0.15, 0.2) is 5.76 Å². The lowest BCUT2D eigenvalue weighted by molar-refractivity contribution is 0.0831. The second kappa shape index (κ2) is 8.01. The van der Waals surface area contributed by atoms with E-state index in [0.29, 0.717) is 16.8 Å². The van der Waals surface area contributed by atoms with Crippen LogP contribution in [0, 0.1) is 6.92 Å². The van der Waals surface area contributed by atoms with Gasteiger partial charge in [-0.15, -0.1) is 0 Å². The lowest BCUT2D eigenvalue weighted by Gasteiger charge is -2.08. The largest absolute Gasteiger partial charge is 0.459 e. The van der Waals surface area contributed by atoms with E-state index in [-0.39, 0.29) is 11.7 Å². The average Bonchev–Trinajstić information content (AvgIpc) is 3.22. The summed E-state index contributed by atoms with van der Waals surface area (Å²) in [6.07, 6.45) is 1.36. The maximum Gasteiger partial charge on any atom is 0.305 e. The first kappa shape index (κ1) is 17.9. The topological polar surface area (TPSA) is 100 Å². The molecule has 7 nitrogen and oxygen atoms in total. The number of carbonyl (C=O) groups is 3. The normalized spacial score (nSPS) is 10.1. The highest BCUT2D eigenvalue weighted by molar-refractivity contribution is 6.04. The number of furan rings is 1. The Balaban J connectivity index is 1.56. The summed E-state index contributed by atoms with van der Waals surface area (Å²) in [5.41, 5.74) is 7.04. The molecule has 0 bridgehead atoms. The molecule has 0 fully saturated rings. The second-order valence-electron chi connectivity index (χ2n) is 5.78. The van der Waals surface area contributed by atoms with Crippen LogP contribution in [0.4, 0.5) is 5.69 Å². The molecule has 3 aromatic rings. The minimum Gasteiger partial charge on any atom is -0.459 e. The number of hydrogen-bond donors (Lipinski definition) is 3. The Morgan fingerprint density at radius 2 is 1.33 bits per heavy atom. The number of amides is 3. The van der Waals surface area contributed by atoms with Crippen molar-refractivity contribution in [2.45, 2.75) is 6.92 Å². The van der Waals surface area contributed by atoms with E-state index in [1.165, 1.54) is 12.3 Å². The first-order valence-electron chi connectivity index (χ1n) is 8.15. The van der Waals surface area contributed by atoms with Crippen LogP contribution in [0.1, 0.15) is 36.8 Å². The zero-order chi connectivity index (χ0) is 19.2. The lowest BCUT2D eigenvalue weighted by Crippen LogP contribution is -2.41. The van der Waals surface area contributed by atoms with E-state index in [9.17, 15) is 14.4 Å². The molecule has 0 radical (unpaired) electrons. The Morgan fingerprint density at radius 1 is 0.741 bits per heavy atom. The van der Waals surface area contributed by atoms with Gasteiger partial charge in [0.25, 0.3) is 11.8 Å². The number of rotatable bonds is 4. The molecule has 3 amide bonds. The maximum atomic E-state index is 12.2. The summed E-state index contributed by atoms with van der Waals surface area (Å²) < 4.78 is 4.93. The van der Waals surface area contributed by atoms with E-state index >= 15 is 0 Å². The van der Waals surface area contributed by atoms with Crippen molar-refractivity contribution in [2.24, 2.45) is 0 Å².